The van der Waals surface area contributed by atoms with Gasteiger partial charge < -0.3 is 10.6 Å². The maximum Gasteiger partial charge on any atom is 0.253 e. The van der Waals surface area contributed by atoms with Gasteiger partial charge in [0.05, 0.1) is 11.5 Å². The van der Waals surface area contributed by atoms with Crippen molar-refractivity contribution in [3.8, 4) is 0 Å². The van der Waals surface area contributed by atoms with Crippen LogP contribution in [0.5, 0.6) is 0 Å². The minimum absolute atomic E-state index is 0.0325. The summed E-state index contributed by atoms with van der Waals surface area (Å²) in [5, 5.41) is 0. The molecule has 1 saturated heterocycles. The molecule has 1 aromatic carbocycles. The number of sulfone groups is 1. The Morgan fingerprint density at radius 2 is 2.00 bits per heavy atom. The zero-order valence-electron chi connectivity index (χ0n) is 10.3. The molecule has 1 amide bonds. The number of nitrogens with two attached hydrogens (primary N) is 1. The standard InChI is InChI=1S/C12H15BrN2O3S/c13-10-3-2-9(8-11(10)14)12(16)15-4-1-6-19(17,18)7-5-15/h2-3,8H,1,4-7,14H2. The van der Waals surface area contributed by atoms with Crippen LogP contribution < -0.4 is 5.73 Å². The molecule has 1 aliphatic rings. The Morgan fingerprint density at radius 3 is 2.68 bits per heavy atom. The Morgan fingerprint density at radius 1 is 1.26 bits per heavy atom. The van der Waals surface area contributed by atoms with Crippen molar-refractivity contribution in [3.05, 3.63) is 28.2 Å². The van der Waals surface area contributed by atoms with Gasteiger partial charge in [0.25, 0.3) is 5.91 Å². The second kappa shape index (κ2) is 5.50. The van der Waals surface area contributed by atoms with E-state index in [2.05, 4.69) is 15.9 Å². The molecule has 1 aliphatic heterocycles. The minimum Gasteiger partial charge on any atom is -0.398 e. The summed E-state index contributed by atoms with van der Waals surface area (Å²) in [6, 6.07) is 5.01. The van der Waals surface area contributed by atoms with Crippen molar-refractivity contribution < 1.29 is 13.2 Å². The average Bonchev–Trinajstić information content (AvgIpc) is 2.53. The number of halogens is 1. The number of hydrogen-bond donors (Lipinski definition) is 1. The molecular weight excluding hydrogens is 332 g/mol. The van der Waals surface area contributed by atoms with E-state index in [0.717, 1.165) is 4.47 Å². The summed E-state index contributed by atoms with van der Waals surface area (Å²) in [7, 11) is -3.01. The Hall–Kier alpha value is -1.08. The Bertz CT molecular complexity index is 601. The molecule has 0 atom stereocenters. The van der Waals surface area contributed by atoms with E-state index < -0.39 is 9.84 Å². The Balaban J connectivity index is 2.17. The number of hydrogen-bond acceptors (Lipinski definition) is 4. The molecule has 7 heteroatoms. The first-order chi connectivity index (χ1) is 8.89. The summed E-state index contributed by atoms with van der Waals surface area (Å²) in [5.74, 6) is 0.0144. The fourth-order valence-electron chi connectivity index (χ4n) is 2.00. The van der Waals surface area contributed by atoms with Crippen molar-refractivity contribution in [3.63, 3.8) is 0 Å². The molecule has 2 rings (SSSR count). The number of carbonyl (C=O) groups is 1. The highest BCUT2D eigenvalue weighted by Crippen LogP contribution is 2.21. The van der Waals surface area contributed by atoms with Crippen molar-refractivity contribution in [1.82, 2.24) is 4.90 Å². The average molecular weight is 347 g/mol. The van der Waals surface area contributed by atoms with E-state index in [1.807, 2.05) is 0 Å². The van der Waals surface area contributed by atoms with E-state index in [9.17, 15) is 13.2 Å². The number of amides is 1. The molecule has 1 heterocycles. The van der Waals surface area contributed by atoms with Crippen LogP contribution in [0, 0.1) is 0 Å². The molecule has 1 fully saturated rings. The molecule has 2 N–H and O–H groups in total. The second-order valence-electron chi connectivity index (χ2n) is 4.53. The summed E-state index contributed by atoms with van der Waals surface area (Å²) < 4.78 is 23.8. The lowest BCUT2D eigenvalue weighted by Crippen LogP contribution is -2.33. The number of anilines is 1. The maximum atomic E-state index is 12.3. The zero-order chi connectivity index (χ0) is 14.0. The summed E-state index contributed by atoms with van der Waals surface area (Å²) in [6.45, 7) is 0.713. The Kier molecular flexibility index (Phi) is 4.15. The predicted molar refractivity (Wildman–Crippen MR) is 77.7 cm³/mol. The van der Waals surface area contributed by atoms with E-state index in [1.165, 1.54) is 0 Å². The van der Waals surface area contributed by atoms with Crippen LogP contribution in [-0.2, 0) is 9.84 Å². The summed E-state index contributed by atoms with van der Waals surface area (Å²) in [5.41, 5.74) is 6.73. The van der Waals surface area contributed by atoms with Crippen LogP contribution in [0.1, 0.15) is 16.8 Å². The van der Waals surface area contributed by atoms with E-state index in [0.29, 0.717) is 24.2 Å². The van der Waals surface area contributed by atoms with Crippen LogP contribution in [0.15, 0.2) is 22.7 Å². The molecule has 0 spiro atoms. The quantitative estimate of drug-likeness (QED) is 0.777. The lowest BCUT2D eigenvalue weighted by Gasteiger charge is -2.20. The van der Waals surface area contributed by atoms with Crippen molar-refractivity contribution >= 4 is 37.4 Å². The van der Waals surface area contributed by atoms with Crippen molar-refractivity contribution in [2.24, 2.45) is 0 Å². The van der Waals surface area contributed by atoms with Crippen molar-refractivity contribution in [2.75, 3.05) is 30.3 Å². The smallest absolute Gasteiger partial charge is 0.253 e. The molecule has 0 aliphatic carbocycles. The van der Waals surface area contributed by atoms with Gasteiger partial charge in [0.2, 0.25) is 0 Å². The first-order valence-corrected chi connectivity index (χ1v) is 8.55. The van der Waals surface area contributed by atoms with Crippen LogP contribution in [0.4, 0.5) is 5.69 Å². The summed E-state index contributed by atoms with van der Waals surface area (Å²) >= 11 is 3.27. The van der Waals surface area contributed by atoms with Crippen LogP contribution in [0.25, 0.3) is 0 Å². The third-order valence-corrected chi connectivity index (χ3v) is 5.52. The highest BCUT2D eigenvalue weighted by Gasteiger charge is 2.23. The highest BCUT2D eigenvalue weighted by molar-refractivity contribution is 9.10. The van der Waals surface area contributed by atoms with Gasteiger partial charge in [0.1, 0.15) is 0 Å². The van der Waals surface area contributed by atoms with Crippen molar-refractivity contribution in [2.45, 2.75) is 6.42 Å². The fourth-order valence-corrected chi connectivity index (χ4v) is 3.52. The number of nitrogen functional groups attached to an aromatic ring is 1. The second-order valence-corrected chi connectivity index (χ2v) is 7.69. The third kappa shape index (κ3) is 3.48. The number of carbonyl (C=O) groups excluding carboxylic acids is 1. The largest absolute Gasteiger partial charge is 0.398 e. The molecule has 19 heavy (non-hydrogen) atoms. The molecule has 0 radical (unpaired) electrons. The van der Waals surface area contributed by atoms with E-state index in [4.69, 9.17) is 5.73 Å². The van der Waals surface area contributed by atoms with E-state index in [1.54, 1.807) is 23.1 Å². The summed E-state index contributed by atoms with van der Waals surface area (Å²) in [4.78, 5) is 13.9. The minimum atomic E-state index is -3.01. The van der Waals surface area contributed by atoms with Gasteiger partial charge in [0.15, 0.2) is 9.84 Å². The fraction of sp³-hybridized carbons (Fsp3) is 0.417. The van der Waals surface area contributed by atoms with Gasteiger partial charge in [-0.25, -0.2) is 8.42 Å². The normalized spacial score (nSPS) is 18.9. The summed E-state index contributed by atoms with van der Waals surface area (Å²) in [6.07, 6.45) is 0.486. The molecule has 104 valence electrons. The molecular formula is C12H15BrN2O3S. The molecule has 0 saturated carbocycles. The maximum absolute atomic E-state index is 12.3. The topological polar surface area (TPSA) is 80.5 Å². The lowest BCUT2D eigenvalue weighted by molar-refractivity contribution is 0.0768. The van der Waals surface area contributed by atoms with Crippen LogP contribution >= 0.6 is 15.9 Å². The van der Waals surface area contributed by atoms with Gasteiger partial charge >= 0.3 is 0 Å². The molecule has 0 bridgehead atoms. The number of nitrogens with zero attached hydrogens (tertiary/aromatic N) is 1. The monoisotopic (exact) mass is 346 g/mol. The van der Waals surface area contributed by atoms with E-state index in [-0.39, 0.29) is 24.0 Å². The molecule has 0 aromatic heterocycles. The van der Waals surface area contributed by atoms with Gasteiger partial charge in [-0.05, 0) is 40.5 Å². The molecule has 5 nitrogen and oxygen atoms in total. The van der Waals surface area contributed by atoms with Gasteiger partial charge in [0, 0.05) is 28.8 Å². The third-order valence-electron chi connectivity index (χ3n) is 3.09. The first-order valence-electron chi connectivity index (χ1n) is 5.94. The highest BCUT2D eigenvalue weighted by atomic mass is 79.9. The number of rotatable bonds is 1. The predicted octanol–water partition coefficient (Wildman–Crippen LogP) is 1.29. The SMILES string of the molecule is Nc1cc(C(=O)N2CCCS(=O)(=O)CC2)ccc1Br. The van der Waals surface area contributed by atoms with Gasteiger partial charge in [-0.1, -0.05) is 0 Å². The first kappa shape index (κ1) is 14.3. The van der Waals surface area contributed by atoms with Crippen LogP contribution in [0.3, 0.4) is 0 Å². The van der Waals surface area contributed by atoms with Crippen molar-refractivity contribution in [1.29, 1.82) is 0 Å². The zero-order valence-corrected chi connectivity index (χ0v) is 12.7. The number of benzene rings is 1. The van der Waals surface area contributed by atoms with Crippen LogP contribution in [0.2, 0.25) is 0 Å². The van der Waals surface area contributed by atoms with E-state index >= 15 is 0 Å². The van der Waals surface area contributed by atoms with Crippen LogP contribution in [-0.4, -0.2) is 43.8 Å². The van der Waals surface area contributed by atoms with Gasteiger partial charge in [-0.3, -0.25) is 4.79 Å². The molecule has 0 unspecified atom stereocenters. The van der Waals surface area contributed by atoms with Gasteiger partial charge in [-0.2, -0.15) is 0 Å². The molecule has 1 aromatic rings. The van der Waals surface area contributed by atoms with Gasteiger partial charge in [-0.15, -0.1) is 0 Å². The Labute approximate surface area is 120 Å². The lowest BCUT2D eigenvalue weighted by atomic mass is 10.1.